The molecule has 0 unspecified atom stereocenters. The van der Waals surface area contributed by atoms with E-state index in [1.165, 1.54) is 12.8 Å². The molecule has 0 spiro atoms. The molecule has 20 heavy (non-hydrogen) atoms. The van der Waals surface area contributed by atoms with Gasteiger partial charge in [-0.1, -0.05) is 37.9 Å². The van der Waals surface area contributed by atoms with E-state index in [0.717, 1.165) is 31.4 Å². The molecule has 1 aliphatic carbocycles. The van der Waals surface area contributed by atoms with Gasteiger partial charge in [0.05, 0.1) is 16.2 Å². The molecule has 0 aromatic carbocycles. The summed E-state index contributed by atoms with van der Waals surface area (Å²) in [4.78, 5) is 12.9. The monoisotopic (exact) mass is 294 g/mol. The van der Waals surface area contributed by atoms with E-state index in [0.29, 0.717) is 10.7 Å². The van der Waals surface area contributed by atoms with Crippen LogP contribution in [0.15, 0.2) is 6.07 Å². The van der Waals surface area contributed by atoms with E-state index in [-0.39, 0.29) is 5.91 Å². The lowest BCUT2D eigenvalue weighted by atomic mass is 9.90. The smallest absolute Gasteiger partial charge is 0.270 e. The maximum atomic E-state index is 12.5. The van der Waals surface area contributed by atoms with E-state index in [1.54, 1.807) is 17.8 Å². The lowest BCUT2D eigenvalue weighted by molar-refractivity contribution is 0.0908. The SMILES string of the molecule is Cc1cc(C(=O)NC2(C(N)=S)CCCCCC2)n(C)n1. The number of nitrogens with two attached hydrogens (primary N) is 1. The molecule has 5 nitrogen and oxygen atoms in total. The number of carbonyl (C=O) groups is 1. The van der Waals surface area contributed by atoms with Gasteiger partial charge in [0, 0.05) is 7.05 Å². The molecule has 1 aromatic heterocycles. The molecule has 1 saturated carbocycles. The zero-order valence-electron chi connectivity index (χ0n) is 12.1. The van der Waals surface area contributed by atoms with Crippen LogP contribution < -0.4 is 11.1 Å². The lowest BCUT2D eigenvalue weighted by Crippen LogP contribution is -2.56. The number of rotatable bonds is 3. The van der Waals surface area contributed by atoms with Gasteiger partial charge >= 0.3 is 0 Å². The fourth-order valence-corrected chi connectivity index (χ4v) is 3.12. The van der Waals surface area contributed by atoms with Gasteiger partial charge in [-0.3, -0.25) is 9.48 Å². The van der Waals surface area contributed by atoms with Crippen LogP contribution in [0, 0.1) is 6.92 Å². The Bertz CT molecular complexity index is 515. The van der Waals surface area contributed by atoms with E-state index >= 15 is 0 Å². The Hall–Kier alpha value is -1.43. The molecule has 1 aliphatic rings. The van der Waals surface area contributed by atoms with Crippen LogP contribution in [0.3, 0.4) is 0 Å². The number of hydrogen-bond donors (Lipinski definition) is 2. The fraction of sp³-hybridized carbons (Fsp3) is 0.643. The largest absolute Gasteiger partial charge is 0.391 e. The Balaban J connectivity index is 2.21. The first-order valence-corrected chi connectivity index (χ1v) is 7.48. The van der Waals surface area contributed by atoms with E-state index in [4.69, 9.17) is 18.0 Å². The van der Waals surface area contributed by atoms with Crippen molar-refractivity contribution in [3.05, 3.63) is 17.5 Å². The van der Waals surface area contributed by atoms with E-state index in [9.17, 15) is 4.79 Å². The van der Waals surface area contributed by atoms with Gasteiger partial charge in [0.2, 0.25) is 0 Å². The van der Waals surface area contributed by atoms with Crippen molar-refractivity contribution in [2.24, 2.45) is 12.8 Å². The first-order valence-electron chi connectivity index (χ1n) is 7.08. The lowest BCUT2D eigenvalue weighted by Gasteiger charge is -2.32. The van der Waals surface area contributed by atoms with E-state index < -0.39 is 5.54 Å². The number of aromatic nitrogens is 2. The van der Waals surface area contributed by atoms with E-state index in [1.807, 2.05) is 6.92 Å². The predicted octanol–water partition coefficient (Wildman–Crippen LogP) is 1.84. The van der Waals surface area contributed by atoms with Crippen molar-refractivity contribution in [3.63, 3.8) is 0 Å². The maximum absolute atomic E-state index is 12.5. The van der Waals surface area contributed by atoms with Crippen molar-refractivity contribution >= 4 is 23.1 Å². The van der Waals surface area contributed by atoms with Gasteiger partial charge in [0.15, 0.2) is 0 Å². The number of amides is 1. The fourth-order valence-electron chi connectivity index (χ4n) is 2.87. The molecule has 1 fully saturated rings. The van der Waals surface area contributed by atoms with Crippen molar-refractivity contribution in [3.8, 4) is 0 Å². The second-order valence-electron chi connectivity index (χ2n) is 5.61. The third kappa shape index (κ3) is 3.00. The molecule has 0 saturated heterocycles. The molecule has 6 heteroatoms. The second kappa shape index (κ2) is 5.91. The molecule has 110 valence electrons. The number of thiocarbonyl (C=S) groups is 1. The molecule has 1 aromatic rings. The van der Waals surface area contributed by atoms with Crippen LogP contribution in [0.4, 0.5) is 0 Å². The summed E-state index contributed by atoms with van der Waals surface area (Å²) >= 11 is 5.23. The van der Waals surface area contributed by atoms with Crippen LogP contribution >= 0.6 is 12.2 Å². The van der Waals surface area contributed by atoms with Gasteiger partial charge in [-0.25, -0.2) is 0 Å². The maximum Gasteiger partial charge on any atom is 0.270 e. The standard InChI is InChI=1S/C14H22N4OS/c1-10-9-11(18(2)17-10)12(19)16-14(13(15)20)7-5-3-4-6-8-14/h9H,3-8H2,1-2H3,(H2,15,20)(H,16,19). The quantitative estimate of drug-likeness (QED) is 0.659. The van der Waals surface area contributed by atoms with Crippen LogP contribution in [0.25, 0.3) is 0 Å². The van der Waals surface area contributed by atoms with E-state index in [2.05, 4.69) is 10.4 Å². The van der Waals surface area contributed by atoms with Crippen LogP contribution in [0.1, 0.15) is 54.7 Å². The number of hydrogen-bond acceptors (Lipinski definition) is 3. The Morgan fingerprint density at radius 1 is 1.40 bits per heavy atom. The Labute approximate surface area is 124 Å². The Morgan fingerprint density at radius 3 is 2.45 bits per heavy atom. The number of nitrogens with one attached hydrogen (secondary N) is 1. The zero-order valence-corrected chi connectivity index (χ0v) is 12.9. The first-order chi connectivity index (χ1) is 9.44. The summed E-state index contributed by atoms with van der Waals surface area (Å²) in [6.45, 7) is 1.87. The predicted molar refractivity (Wildman–Crippen MR) is 82.6 cm³/mol. The van der Waals surface area contributed by atoms with Gasteiger partial charge in [-0.15, -0.1) is 0 Å². The zero-order chi connectivity index (χ0) is 14.8. The molecule has 2 rings (SSSR count). The van der Waals surface area contributed by atoms with Crippen molar-refractivity contribution in [2.45, 2.75) is 51.0 Å². The summed E-state index contributed by atoms with van der Waals surface area (Å²) in [7, 11) is 1.77. The molecule has 0 atom stereocenters. The van der Waals surface area contributed by atoms with Gasteiger partial charge < -0.3 is 11.1 Å². The second-order valence-corrected chi connectivity index (χ2v) is 6.05. The molecule has 0 aliphatic heterocycles. The first kappa shape index (κ1) is 15.0. The minimum absolute atomic E-state index is 0.150. The third-order valence-electron chi connectivity index (χ3n) is 4.02. The van der Waals surface area contributed by atoms with Crippen molar-refractivity contribution in [2.75, 3.05) is 0 Å². The van der Waals surface area contributed by atoms with Gasteiger partial charge in [-0.05, 0) is 25.8 Å². The molecule has 0 radical (unpaired) electrons. The highest BCUT2D eigenvalue weighted by Gasteiger charge is 2.36. The number of carbonyl (C=O) groups excluding carboxylic acids is 1. The van der Waals surface area contributed by atoms with Crippen LogP contribution in [0.2, 0.25) is 0 Å². The summed E-state index contributed by atoms with van der Waals surface area (Å²) in [5, 5.41) is 7.28. The molecular weight excluding hydrogens is 272 g/mol. The summed E-state index contributed by atoms with van der Waals surface area (Å²) in [6, 6.07) is 1.78. The van der Waals surface area contributed by atoms with Crippen molar-refractivity contribution in [1.29, 1.82) is 0 Å². The summed E-state index contributed by atoms with van der Waals surface area (Å²) < 4.78 is 1.59. The van der Waals surface area contributed by atoms with Gasteiger partial charge in [0.25, 0.3) is 5.91 Å². The average Bonchev–Trinajstić information content (AvgIpc) is 2.60. The normalized spacial score (nSPS) is 18.3. The molecule has 0 bridgehead atoms. The average molecular weight is 294 g/mol. The van der Waals surface area contributed by atoms with Crippen molar-refractivity contribution < 1.29 is 4.79 Å². The number of aryl methyl sites for hydroxylation is 2. The summed E-state index contributed by atoms with van der Waals surface area (Å²) in [6.07, 6.45) is 6.08. The minimum atomic E-state index is -0.541. The molecule has 1 amide bonds. The Morgan fingerprint density at radius 2 is 2.00 bits per heavy atom. The summed E-state index contributed by atoms with van der Waals surface area (Å²) in [5.74, 6) is -0.150. The third-order valence-corrected chi connectivity index (χ3v) is 4.41. The highest BCUT2D eigenvalue weighted by molar-refractivity contribution is 7.80. The molecule has 3 N–H and O–H groups in total. The highest BCUT2D eigenvalue weighted by Crippen LogP contribution is 2.28. The highest BCUT2D eigenvalue weighted by atomic mass is 32.1. The van der Waals surface area contributed by atoms with Gasteiger partial charge in [-0.2, -0.15) is 5.10 Å². The minimum Gasteiger partial charge on any atom is -0.391 e. The topological polar surface area (TPSA) is 72.9 Å². The van der Waals surface area contributed by atoms with Crippen LogP contribution in [-0.2, 0) is 7.05 Å². The molecule has 1 heterocycles. The summed E-state index contributed by atoms with van der Waals surface area (Å²) in [5.41, 5.74) is 6.76. The van der Waals surface area contributed by atoms with Gasteiger partial charge in [0.1, 0.15) is 5.69 Å². The Kier molecular flexibility index (Phi) is 4.42. The molecular formula is C14H22N4OS. The number of nitrogens with zero attached hydrogens (tertiary/aromatic N) is 2. The van der Waals surface area contributed by atoms with Crippen LogP contribution in [0.5, 0.6) is 0 Å². The van der Waals surface area contributed by atoms with Crippen molar-refractivity contribution in [1.82, 2.24) is 15.1 Å². The van der Waals surface area contributed by atoms with Crippen LogP contribution in [-0.4, -0.2) is 26.2 Å².